The summed E-state index contributed by atoms with van der Waals surface area (Å²) in [6.45, 7) is 17.3. The van der Waals surface area contributed by atoms with E-state index >= 15 is 0 Å². The Morgan fingerprint density at radius 3 is 1.98 bits per heavy atom. The van der Waals surface area contributed by atoms with Gasteiger partial charge in [-0.15, -0.1) is 0 Å². The minimum atomic E-state index is -1.22. The van der Waals surface area contributed by atoms with E-state index in [1.54, 1.807) is 44.2 Å². The number of esters is 2. The Kier molecular flexibility index (Phi) is 23.1. The number of carbonyl (C=O) groups is 7. The largest absolute Gasteiger partial charge is 0.467 e. The average Bonchev–Trinajstić information content (AvgIpc) is 3.21. The summed E-state index contributed by atoms with van der Waals surface area (Å²) in [5.41, 5.74) is 2.13. The number of rotatable bonds is 24. The van der Waals surface area contributed by atoms with Crippen LogP contribution in [0.3, 0.4) is 0 Å². The van der Waals surface area contributed by atoms with Gasteiger partial charge in [-0.05, 0) is 77.2 Å². The van der Waals surface area contributed by atoms with E-state index < -0.39 is 84.4 Å². The van der Waals surface area contributed by atoms with Crippen molar-refractivity contribution in [3.63, 3.8) is 0 Å². The van der Waals surface area contributed by atoms with Gasteiger partial charge in [0.25, 0.3) is 5.91 Å². The van der Waals surface area contributed by atoms with Crippen LogP contribution in [0.5, 0.6) is 0 Å². The molecular formula is C45H71N5O10. The molecule has 0 aromatic heterocycles. The van der Waals surface area contributed by atoms with Gasteiger partial charge in [0.15, 0.2) is 6.10 Å². The first-order valence-electron chi connectivity index (χ1n) is 20.8. The maximum atomic E-state index is 14.1. The number of benzene rings is 1. The Balaban J connectivity index is 3.20. The van der Waals surface area contributed by atoms with E-state index in [1.165, 1.54) is 40.0 Å². The lowest BCUT2D eigenvalue weighted by molar-refractivity contribution is -0.154. The number of ether oxygens (including phenoxy) is 2. The number of nitrogens with zero attached hydrogens (tertiary/aromatic N) is 2. The standard InChI is InChI=1S/C45H71N5O10/c1-14-28(5)24-31(8)36(51)22-21-30(7)44(57)60-37(23-27(3)4)40(53)46-32(9)42(55)50(12)35(25-34-19-17-16-18-20-34)43(56)49(11)26-38(52)48-39(29(6)15-2)41(54)47-33(10)45(58)59-13/h14,16-21,27,29,31-33,35-37,39,51H,15,22-26H2,1-13H3,(H,46,53)(H,47,54)(H,48,52)/b28-14+,30-21+/t29?,31-,32+,33-,35-,36+,37-,39+/m1/s1. The number of carbonyl (C=O) groups excluding carboxylic acids is 7. The summed E-state index contributed by atoms with van der Waals surface area (Å²) < 4.78 is 10.3. The molecule has 5 amide bonds. The summed E-state index contributed by atoms with van der Waals surface area (Å²) in [4.78, 5) is 95.5. The molecule has 0 aliphatic rings. The van der Waals surface area contributed by atoms with Crippen LogP contribution in [-0.2, 0) is 49.5 Å². The van der Waals surface area contributed by atoms with Crippen molar-refractivity contribution in [2.24, 2.45) is 17.8 Å². The Morgan fingerprint density at radius 2 is 1.43 bits per heavy atom. The molecular weight excluding hydrogens is 771 g/mol. The molecule has 0 aliphatic carbocycles. The van der Waals surface area contributed by atoms with E-state index in [1.807, 2.05) is 53.7 Å². The summed E-state index contributed by atoms with van der Waals surface area (Å²) in [5.74, 6) is -4.85. The first kappa shape index (κ1) is 53.0. The minimum absolute atomic E-state index is 0.0299. The second kappa shape index (κ2) is 26.2. The number of likely N-dealkylation sites (N-methyl/N-ethyl adjacent to an activating group) is 2. The van der Waals surface area contributed by atoms with E-state index in [9.17, 15) is 38.7 Å². The fraction of sp³-hybridized carbons (Fsp3) is 0.622. The van der Waals surface area contributed by atoms with E-state index in [0.29, 0.717) is 12.8 Å². The van der Waals surface area contributed by atoms with Crippen molar-refractivity contribution in [3.05, 3.63) is 59.2 Å². The lowest BCUT2D eigenvalue weighted by atomic mass is 9.94. The molecule has 0 aliphatic heterocycles. The van der Waals surface area contributed by atoms with Crippen molar-refractivity contribution in [1.29, 1.82) is 0 Å². The molecule has 0 spiro atoms. The molecule has 0 heterocycles. The van der Waals surface area contributed by atoms with Gasteiger partial charge in [0, 0.05) is 26.1 Å². The van der Waals surface area contributed by atoms with Crippen molar-refractivity contribution < 1.29 is 48.1 Å². The fourth-order valence-corrected chi connectivity index (χ4v) is 6.30. The van der Waals surface area contributed by atoms with E-state index in [2.05, 4.69) is 20.7 Å². The monoisotopic (exact) mass is 842 g/mol. The highest BCUT2D eigenvalue weighted by Crippen LogP contribution is 2.19. The maximum absolute atomic E-state index is 14.1. The first-order chi connectivity index (χ1) is 28.1. The first-order valence-corrected chi connectivity index (χ1v) is 20.8. The molecule has 336 valence electrons. The zero-order valence-electron chi connectivity index (χ0n) is 38.0. The average molecular weight is 842 g/mol. The van der Waals surface area contributed by atoms with Gasteiger partial charge in [0.05, 0.1) is 19.8 Å². The molecule has 15 nitrogen and oxygen atoms in total. The fourth-order valence-electron chi connectivity index (χ4n) is 6.30. The number of amides is 5. The second-order valence-corrected chi connectivity index (χ2v) is 16.3. The predicted molar refractivity (Wildman–Crippen MR) is 230 cm³/mol. The van der Waals surface area contributed by atoms with Gasteiger partial charge in [0.2, 0.25) is 23.6 Å². The highest BCUT2D eigenvalue weighted by atomic mass is 16.5. The van der Waals surface area contributed by atoms with Crippen LogP contribution in [0.25, 0.3) is 0 Å². The molecule has 0 saturated heterocycles. The number of hydrogen-bond acceptors (Lipinski definition) is 10. The van der Waals surface area contributed by atoms with E-state index in [4.69, 9.17) is 4.74 Å². The van der Waals surface area contributed by atoms with Crippen LogP contribution in [0.15, 0.2) is 53.6 Å². The van der Waals surface area contributed by atoms with Crippen molar-refractivity contribution in [3.8, 4) is 0 Å². The quantitative estimate of drug-likeness (QED) is 0.0673. The van der Waals surface area contributed by atoms with Gasteiger partial charge in [-0.1, -0.05) is 89.1 Å². The molecule has 15 heteroatoms. The molecule has 0 fully saturated rings. The second-order valence-electron chi connectivity index (χ2n) is 16.3. The molecule has 1 unspecified atom stereocenters. The zero-order valence-corrected chi connectivity index (χ0v) is 38.0. The SMILES string of the molecule is C/C=C(\C)C[C@@H](C)[C@@H](O)C/C=C(\C)C(=O)O[C@H](CC(C)C)C(=O)N[C@@H](C)C(=O)N(C)[C@H](Cc1ccccc1)C(=O)N(C)CC(=O)N[C@H](C(=O)N[C@H](C)C(=O)OC)C(C)CC. The summed E-state index contributed by atoms with van der Waals surface area (Å²) >= 11 is 0. The molecule has 0 bridgehead atoms. The normalized spacial score (nSPS) is 15.8. The maximum Gasteiger partial charge on any atom is 0.334 e. The van der Waals surface area contributed by atoms with Crippen LogP contribution < -0.4 is 16.0 Å². The number of allylic oxidation sites excluding steroid dienone is 2. The molecule has 0 radical (unpaired) electrons. The van der Waals surface area contributed by atoms with Crippen LogP contribution >= 0.6 is 0 Å². The topological polar surface area (TPSA) is 201 Å². The third-order valence-electron chi connectivity index (χ3n) is 10.6. The third-order valence-corrected chi connectivity index (χ3v) is 10.6. The lowest BCUT2D eigenvalue weighted by Crippen LogP contribution is -2.57. The molecule has 1 rings (SSSR count). The van der Waals surface area contributed by atoms with Gasteiger partial charge in [-0.25, -0.2) is 9.59 Å². The van der Waals surface area contributed by atoms with Gasteiger partial charge < -0.3 is 40.3 Å². The summed E-state index contributed by atoms with van der Waals surface area (Å²) in [5, 5.41) is 18.5. The number of methoxy groups -OCH3 is 1. The lowest BCUT2D eigenvalue weighted by Gasteiger charge is -2.33. The molecule has 0 saturated carbocycles. The van der Waals surface area contributed by atoms with Crippen molar-refractivity contribution >= 4 is 41.5 Å². The van der Waals surface area contributed by atoms with E-state index in [0.717, 1.165) is 16.0 Å². The minimum Gasteiger partial charge on any atom is -0.467 e. The Morgan fingerprint density at radius 1 is 0.833 bits per heavy atom. The summed E-state index contributed by atoms with van der Waals surface area (Å²) in [6, 6.07) is 4.79. The summed E-state index contributed by atoms with van der Waals surface area (Å²) in [7, 11) is 4.05. The number of aliphatic hydroxyl groups is 1. The molecule has 1 aromatic rings. The Hall–Kier alpha value is -5.05. The van der Waals surface area contributed by atoms with Crippen molar-refractivity contribution in [2.45, 2.75) is 138 Å². The molecule has 60 heavy (non-hydrogen) atoms. The van der Waals surface area contributed by atoms with Gasteiger partial charge in [-0.3, -0.25) is 24.0 Å². The Bertz CT molecular complexity index is 1660. The Labute approximate surface area is 357 Å². The van der Waals surface area contributed by atoms with Gasteiger partial charge in [-0.2, -0.15) is 0 Å². The number of aliphatic hydroxyl groups excluding tert-OH is 1. The number of nitrogens with one attached hydrogen (secondary N) is 3. The zero-order chi connectivity index (χ0) is 45.9. The van der Waals surface area contributed by atoms with Crippen molar-refractivity contribution in [1.82, 2.24) is 25.8 Å². The van der Waals surface area contributed by atoms with Crippen LogP contribution in [0, 0.1) is 17.8 Å². The summed E-state index contributed by atoms with van der Waals surface area (Å²) in [6.07, 6.45) is 3.42. The van der Waals surface area contributed by atoms with Gasteiger partial charge >= 0.3 is 11.9 Å². The smallest absolute Gasteiger partial charge is 0.334 e. The van der Waals surface area contributed by atoms with Crippen molar-refractivity contribution in [2.75, 3.05) is 27.7 Å². The third kappa shape index (κ3) is 17.7. The van der Waals surface area contributed by atoms with Crippen LogP contribution in [0.2, 0.25) is 0 Å². The van der Waals surface area contributed by atoms with Crippen LogP contribution in [0.1, 0.15) is 100 Å². The number of hydrogen-bond donors (Lipinski definition) is 4. The molecule has 4 N–H and O–H groups in total. The highest BCUT2D eigenvalue weighted by molar-refractivity contribution is 5.96. The van der Waals surface area contributed by atoms with E-state index in [-0.39, 0.29) is 42.6 Å². The van der Waals surface area contributed by atoms with Crippen LogP contribution in [-0.4, -0.2) is 121 Å². The predicted octanol–water partition coefficient (Wildman–Crippen LogP) is 3.88. The van der Waals surface area contributed by atoms with Gasteiger partial charge in [0.1, 0.15) is 24.2 Å². The molecule has 8 atom stereocenters. The highest BCUT2D eigenvalue weighted by Gasteiger charge is 2.35. The van der Waals surface area contributed by atoms with Crippen LogP contribution in [0.4, 0.5) is 0 Å². The molecule has 1 aromatic carbocycles.